The first kappa shape index (κ1) is 14.1. The lowest BCUT2D eigenvalue weighted by Gasteiger charge is -2.29. The zero-order valence-corrected chi connectivity index (χ0v) is 14.4. The van der Waals surface area contributed by atoms with E-state index in [2.05, 4.69) is 45.8 Å². The predicted octanol–water partition coefficient (Wildman–Crippen LogP) is 3.32. The van der Waals surface area contributed by atoms with Crippen LogP contribution in [0.1, 0.15) is 31.5 Å². The summed E-state index contributed by atoms with van der Waals surface area (Å²) in [4.78, 5) is 23.6. The normalized spacial score (nSPS) is 22.5. The molecule has 2 aromatic rings. The Balaban J connectivity index is 1.64. The van der Waals surface area contributed by atoms with Crippen LogP contribution in [-0.2, 0) is 17.8 Å². The molecule has 0 saturated heterocycles. The van der Waals surface area contributed by atoms with Crippen LogP contribution in [0, 0.1) is 11.3 Å². The van der Waals surface area contributed by atoms with Crippen LogP contribution in [-0.4, -0.2) is 27.3 Å². The van der Waals surface area contributed by atoms with Crippen molar-refractivity contribution in [1.82, 2.24) is 14.9 Å². The van der Waals surface area contributed by atoms with Crippen molar-refractivity contribution in [2.75, 3.05) is 6.54 Å². The number of nitrogens with zero attached hydrogens (tertiary/aromatic N) is 3. The first-order valence-electron chi connectivity index (χ1n) is 7.67. The van der Waals surface area contributed by atoms with Crippen molar-refractivity contribution in [1.29, 1.82) is 0 Å². The van der Waals surface area contributed by atoms with Gasteiger partial charge >= 0.3 is 0 Å². The minimum atomic E-state index is 0.188. The van der Waals surface area contributed by atoms with Crippen molar-refractivity contribution in [3.8, 4) is 0 Å². The van der Waals surface area contributed by atoms with E-state index in [4.69, 9.17) is 0 Å². The maximum Gasteiger partial charge on any atom is 0.226 e. The van der Waals surface area contributed by atoms with E-state index in [-0.39, 0.29) is 11.3 Å². The Labute approximate surface area is 138 Å². The SMILES string of the molecule is CC1(C)CC1C(=O)N1CCc2nc3ncc(Br)cc3cc2C1. The number of carbonyl (C=O) groups is 1. The van der Waals surface area contributed by atoms with Crippen LogP contribution in [0.5, 0.6) is 0 Å². The lowest BCUT2D eigenvalue weighted by molar-refractivity contribution is -0.134. The summed E-state index contributed by atoms with van der Waals surface area (Å²) in [7, 11) is 0. The van der Waals surface area contributed by atoms with E-state index in [1.165, 1.54) is 0 Å². The predicted molar refractivity (Wildman–Crippen MR) is 88.2 cm³/mol. The smallest absolute Gasteiger partial charge is 0.226 e. The lowest BCUT2D eigenvalue weighted by Crippen LogP contribution is -2.38. The largest absolute Gasteiger partial charge is 0.338 e. The van der Waals surface area contributed by atoms with E-state index < -0.39 is 0 Å². The number of pyridine rings is 2. The Morgan fingerprint density at radius 3 is 2.91 bits per heavy atom. The second kappa shape index (κ2) is 4.75. The Hall–Kier alpha value is -1.49. The van der Waals surface area contributed by atoms with Crippen molar-refractivity contribution in [3.05, 3.63) is 34.1 Å². The fraction of sp³-hybridized carbons (Fsp3) is 0.471. The third-order valence-electron chi connectivity index (χ3n) is 4.91. The summed E-state index contributed by atoms with van der Waals surface area (Å²) in [5.74, 6) is 0.515. The molecule has 1 amide bonds. The maximum atomic E-state index is 12.6. The third-order valence-corrected chi connectivity index (χ3v) is 5.34. The van der Waals surface area contributed by atoms with Crippen LogP contribution in [0.15, 0.2) is 22.8 Å². The first-order valence-corrected chi connectivity index (χ1v) is 8.46. The summed E-state index contributed by atoms with van der Waals surface area (Å²) < 4.78 is 0.949. The second-order valence-electron chi connectivity index (χ2n) is 7.05. The van der Waals surface area contributed by atoms with E-state index in [9.17, 15) is 4.79 Å². The Bertz CT molecular complexity index is 787. The van der Waals surface area contributed by atoms with Crippen LogP contribution in [0.25, 0.3) is 11.0 Å². The molecule has 0 spiro atoms. The van der Waals surface area contributed by atoms with Crippen molar-refractivity contribution in [3.63, 3.8) is 0 Å². The van der Waals surface area contributed by atoms with E-state index in [0.29, 0.717) is 12.5 Å². The highest BCUT2D eigenvalue weighted by atomic mass is 79.9. The molecule has 2 aromatic heterocycles. The van der Waals surface area contributed by atoms with Gasteiger partial charge in [0.1, 0.15) is 0 Å². The summed E-state index contributed by atoms with van der Waals surface area (Å²) in [6.45, 7) is 5.79. The Kier molecular flexibility index (Phi) is 3.05. The molecule has 22 heavy (non-hydrogen) atoms. The van der Waals surface area contributed by atoms with Crippen molar-refractivity contribution in [2.24, 2.45) is 11.3 Å². The van der Waals surface area contributed by atoms with Crippen LogP contribution < -0.4 is 0 Å². The number of carbonyl (C=O) groups excluding carboxylic acids is 1. The minimum absolute atomic E-state index is 0.188. The molecule has 1 aliphatic heterocycles. The van der Waals surface area contributed by atoms with Gasteiger partial charge < -0.3 is 4.90 Å². The molecule has 3 heterocycles. The average Bonchev–Trinajstić information content (AvgIpc) is 3.12. The number of hydrogen-bond acceptors (Lipinski definition) is 3. The van der Waals surface area contributed by atoms with Crippen molar-refractivity contribution < 1.29 is 4.79 Å². The van der Waals surface area contributed by atoms with Crippen LogP contribution in [0.2, 0.25) is 0 Å². The molecule has 0 aromatic carbocycles. The molecule has 114 valence electrons. The number of halogens is 1. The van der Waals surface area contributed by atoms with Crippen LogP contribution >= 0.6 is 15.9 Å². The second-order valence-corrected chi connectivity index (χ2v) is 7.97. The monoisotopic (exact) mass is 359 g/mol. The van der Waals surface area contributed by atoms with E-state index in [1.54, 1.807) is 6.20 Å². The van der Waals surface area contributed by atoms with Gasteiger partial charge in [-0.15, -0.1) is 0 Å². The van der Waals surface area contributed by atoms with Gasteiger partial charge in [-0.05, 0) is 45.5 Å². The van der Waals surface area contributed by atoms with E-state index >= 15 is 0 Å². The van der Waals surface area contributed by atoms with Crippen LogP contribution in [0.3, 0.4) is 0 Å². The molecule has 0 bridgehead atoms. The van der Waals surface area contributed by atoms with Gasteiger partial charge in [0.25, 0.3) is 0 Å². The third kappa shape index (κ3) is 2.32. The highest BCUT2D eigenvalue weighted by Gasteiger charge is 2.52. The highest BCUT2D eigenvalue weighted by molar-refractivity contribution is 9.10. The van der Waals surface area contributed by atoms with Crippen molar-refractivity contribution in [2.45, 2.75) is 33.2 Å². The lowest BCUT2D eigenvalue weighted by atomic mass is 10.0. The number of amides is 1. The Morgan fingerprint density at radius 1 is 1.41 bits per heavy atom. The Morgan fingerprint density at radius 2 is 2.18 bits per heavy atom. The minimum Gasteiger partial charge on any atom is -0.338 e. The van der Waals surface area contributed by atoms with Gasteiger partial charge in [-0.2, -0.15) is 0 Å². The maximum absolute atomic E-state index is 12.6. The topological polar surface area (TPSA) is 46.1 Å². The molecule has 1 atom stereocenters. The molecule has 1 fully saturated rings. The van der Waals surface area contributed by atoms with Gasteiger partial charge in [0.05, 0.1) is 0 Å². The number of aromatic nitrogens is 2. The highest BCUT2D eigenvalue weighted by Crippen LogP contribution is 2.52. The molecule has 4 rings (SSSR count). The number of rotatable bonds is 1. The van der Waals surface area contributed by atoms with Gasteiger partial charge in [-0.3, -0.25) is 4.79 Å². The fourth-order valence-corrected chi connectivity index (χ4v) is 3.64. The summed E-state index contributed by atoms with van der Waals surface area (Å²) in [5.41, 5.74) is 3.21. The zero-order valence-electron chi connectivity index (χ0n) is 12.8. The average molecular weight is 360 g/mol. The van der Waals surface area contributed by atoms with Gasteiger partial charge in [0.15, 0.2) is 5.65 Å². The molecule has 1 unspecified atom stereocenters. The summed E-state index contributed by atoms with van der Waals surface area (Å²) in [5, 5.41) is 1.02. The van der Waals surface area contributed by atoms with Gasteiger partial charge in [-0.25, -0.2) is 9.97 Å². The summed E-state index contributed by atoms with van der Waals surface area (Å²) >= 11 is 3.45. The fourth-order valence-electron chi connectivity index (χ4n) is 3.29. The van der Waals surface area contributed by atoms with E-state index in [1.807, 2.05) is 11.0 Å². The summed E-state index contributed by atoms with van der Waals surface area (Å²) in [6, 6.07) is 4.16. The molecular weight excluding hydrogens is 342 g/mol. The number of hydrogen-bond donors (Lipinski definition) is 0. The van der Waals surface area contributed by atoms with Gasteiger partial charge in [-0.1, -0.05) is 13.8 Å². The molecule has 1 aliphatic carbocycles. The van der Waals surface area contributed by atoms with E-state index in [0.717, 1.165) is 46.1 Å². The molecule has 1 saturated carbocycles. The molecule has 5 heteroatoms. The van der Waals surface area contributed by atoms with Crippen LogP contribution in [0.4, 0.5) is 0 Å². The number of fused-ring (bicyclic) bond motifs is 2. The molecule has 4 nitrogen and oxygen atoms in total. The summed E-state index contributed by atoms with van der Waals surface area (Å²) in [6.07, 6.45) is 3.61. The molecule has 0 N–H and O–H groups in total. The first-order chi connectivity index (χ1) is 10.4. The van der Waals surface area contributed by atoms with Gasteiger partial charge in [0.2, 0.25) is 5.91 Å². The van der Waals surface area contributed by atoms with Gasteiger partial charge in [0, 0.05) is 47.2 Å². The molecule has 2 aliphatic rings. The van der Waals surface area contributed by atoms with Crippen molar-refractivity contribution >= 4 is 32.9 Å². The molecular formula is C17H18BrN3O. The quantitative estimate of drug-likeness (QED) is 0.784. The zero-order chi connectivity index (χ0) is 15.5. The standard InChI is InChI=1S/C17H18BrN3O/c1-17(2)7-13(17)16(22)21-4-3-14-11(9-21)5-10-6-12(18)8-19-15(10)20-14/h5-6,8,13H,3-4,7,9H2,1-2H3. The molecule has 0 radical (unpaired) electrons.